The van der Waals surface area contributed by atoms with Gasteiger partial charge in [0.1, 0.15) is 6.61 Å². The molecule has 1 aliphatic rings. The highest BCUT2D eigenvalue weighted by Crippen LogP contribution is 2.33. The van der Waals surface area contributed by atoms with Gasteiger partial charge in [0.05, 0.1) is 11.3 Å². The molecular formula is C22H22N4O2. The number of pyridine rings is 3. The van der Waals surface area contributed by atoms with Crippen molar-refractivity contribution in [2.75, 3.05) is 7.05 Å². The van der Waals surface area contributed by atoms with Gasteiger partial charge in [0.15, 0.2) is 0 Å². The molecule has 6 heteroatoms. The Morgan fingerprint density at radius 3 is 2.89 bits per heavy atom. The molecule has 1 amide bonds. The highest BCUT2D eigenvalue weighted by atomic mass is 16.5. The molecule has 0 saturated carbocycles. The molecule has 6 nitrogen and oxygen atoms in total. The number of fused-ring (bicyclic) bond motifs is 1. The van der Waals surface area contributed by atoms with Crippen molar-refractivity contribution >= 4 is 5.91 Å². The Bertz CT molecular complexity index is 989. The molecule has 0 radical (unpaired) electrons. The molecule has 0 bridgehead atoms. The highest BCUT2D eigenvalue weighted by molar-refractivity contribution is 5.95. The van der Waals surface area contributed by atoms with Gasteiger partial charge in [0.2, 0.25) is 5.88 Å². The number of amides is 1. The van der Waals surface area contributed by atoms with Crippen molar-refractivity contribution in [3.8, 4) is 17.0 Å². The van der Waals surface area contributed by atoms with Gasteiger partial charge in [-0.1, -0.05) is 6.07 Å². The Hall–Kier alpha value is -3.28. The third kappa shape index (κ3) is 3.86. The van der Waals surface area contributed by atoms with E-state index in [0.29, 0.717) is 18.1 Å². The zero-order chi connectivity index (χ0) is 19.3. The predicted molar refractivity (Wildman–Crippen MR) is 106 cm³/mol. The first-order valence-corrected chi connectivity index (χ1v) is 9.47. The van der Waals surface area contributed by atoms with E-state index in [0.717, 1.165) is 48.2 Å². The summed E-state index contributed by atoms with van der Waals surface area (Å²) in [4.78, 5) is 25.3. The van der Waals surface area contributed by atoms with E-state index in [1.54, 1.807) is 25.6 Å². The van der Waals surface area contributed by atoms with Crippen LogP contribution in [-0.2, 0) is 19.4 Å². The molecule has 3 aromatic rings. The molecule has 3 heterocycles. The van der Waals surface area contributed by atoms with Crippen LogP contribution in [0.15, 0.2) is 48.9 Å². The van der Waals surface area contributed by atoms with Gasteiger partial charge in [0.25, 0.3) is 5.91 Å². The number of aromatic nitrogens is 3. The zero-order valence-electron chi connectivity index (χ0n) is 15.8. The standard InChI is InChI=1S/C22H22N4O2/c1-23-22(27)16-10-15(12-24-13-16)19-11-21(26-20-8-3-2-7-18(19)20)28-14-17-6-4-5-9-25-17/h4-6,9-13H,2-3,7-8,14H2,1H3,(H,23,27). The molecule has 0 saturated heterocycles. The van der Waals surface area contributed by atoms with Crippen molar-refractivity contribution in [1.82, 2.24) is 20.3 Å². The third-order valence-electron chi connectivity index (χ3n) is 4.91. The van der Waals surface area contributed by atoms with E-state index in [2.05, 4.69) is 15.3 Å². The van der Waals surface area contributed by atoms with Crippen LogP contribution in [0.4, 0.5) is 0 Å². The number of aryl methyl sites for hydroxylation is 1. The maximum Gasteiger partial charge on any atom is 0.252 e. The van der Waals surface area contributed by atoms with E-state index in [1.165, 1.54) is 5.56 Å². The first-order valence-electron chi connectivity index (χ1n) is 9.47. The van der Waals surface area contributed by atoms with Gasteiger partial charge < -0.3 is 10.1 Å². The molecule has 0 unspecified atom stereocenters. The number of carbonyl (C=O) groups excluding carboxylic acids is 1. The predicted octanol–water partition coefficient (Wildman–Crippen LogP) is 3.36. The van der Waals surface area contributed by atoms with Crippen molar-refractivity contribution in [1.29, 1.82) is 0 Å². The Morgan fingerprint density at radius 1 is 1.18 bits per heavy atom. The van der Waals surface area contributed by atoms with Gasteiger partial charge in [0, 0.05) is 43.0 Å². The normalized spacial score (nSPS) is 12.9. The fraction of sp³-hybridized carbons (Fsp3) is 0.273. The van der Waals surface area contributed by atoms with Gasteiger partial charge in [-0.3, -0.25) is 14.8 Å². The molecule has 142 valence electrons. The summed E-state index contributed by atoms with van der Waals surface area (Å²) in [6.45, 7) is 0.364. The van der Waals surface area contributed by atoms with Crippen LogP contribution >= 0.6 is 0 Å². The van der Waals surface area contributed by atoms with Crippen LogP contribution in [0, 0.1) is 0 Å². The van der Waals surface area contributed by atoms with Crippen molar-refractivity contribution < 1.29 is 9.53 Å². The molecule has 4 rings (SSSR count). The van der Waals surface area contributed by atoms with Crippen molar-refractivity contribution in [3.05, 3.63) is 71.4 Å². The average Bonchev–Trinajstić information content (AvgIpc) is 2.77. The molecule has 1 aliphatic carbocycles. The van der Waals surface area contributed by atoms with Crippen LogP contribution in [0.25, 0.3) is 11.1 Å². The molecular weight excluding hydrogens is 352 g/mol. The van der Waals surface area contributed by atoms with Crippen molar-refractivity contribution in [2.45, 2.75) is 32.3 Å². The summed E-state index contributed by atoms with van der Waals surface area (Å²) in [5.74, 6) is 0.426. The molecule has 0 spiro atoms. The Balaban J connectivity index is 1.70. The van der Waals surface area contributed by atoms with Crippen LogP contribution in [0.3, 0.4) is 0 Å². The summed E-state index contributed by atoms with van der Waals surface area (Å²) >= 11 is 0. The van der Waals surface area contributed by atoms with Gasteiger partial charge in [-0.15, -0.1) is 0 Å². The zero-order valence-corrected chi connectivity index (χ0v) is 15.8. The summed E-state index contributed by atoms with van der Waals surface area (Å²) in [6.07, 6.45) is 9.29. The van der Waals surface area contributed by atoms with E-state index in [9.17, 15) is 4.79 Å². The van der Waals surface area contributed by atoms with E-state index in [-0.39, 0.29) is 5.91 Å². The molecule has 0 fully saturated rings. The first-order chi connectivity index (χ1) is 13.7. The summed E-state index contributed by atoms with van der Waals surface area (Å²) < 4.78 is 5.95. The lowest BCUT2D eigenvalue weighted by Gasteiger charge is -2.20. The average molecular weight is 374 g/mol. The lowest BCUT2D eigenvalue weighted by Crippen LogP contribution is -2.18. The first kappa shape index (κ1) is 18.1. The van der Waals surface area contributed by atoms with Gasteiger partial charge in [-0.2, -0.15) is 0 Å². The maximum atomic E-state index is 12.0. The fourth-order valence-electron chi connectivity index (χ4n) is 3.50. The molecule has 0 aromatic carbocycles. The van der Waals surface area contributed by atoms with E-state index >= 15 is 0 Å². The number of hydrogen-bond donors (Lipinski definition) is 1. The van der Waals surface area contributed by atoms with Crippen molar-refractivity contribution in [3.63, 3.8) is 0 Å². The van der Waals surface area contributed by atoms with Crippen molar-refractivity contribution in [2.24, 2.45) is 0 Å². The Morgan fingerprint density at radius 2 is 2.07 bits per heavy atom. The highest BCUT2D eigenvalue weighted by Gasteiger charge is 2.19. The van der Waals surface area contributed by atoms with Crippen LogP contribution in [0.5, 0.6) is 5.88 Å². The van der Waals surface area contributed by atoms with Gasteiger partial charge >= 0.3 is 0 Å². The Labute approximate surface area is 164 Å². The number of hydrogen-bond acceptors (Lipinski definition) is 5. The van der Waals surface area contributed by atoms with Crippen LogP contribution in [0.2, 0.25) is 0 Å². The van der Waals surface area contributed by atoms with Gasteiger partial charge in [-0.05, 0) is 55.0 Å². The second-order valence-corrected chi connectivity index (χ2v) is 6.79. The van der Waals surface area contributed by atoms with E-state index < -0.39 is 0 Å². The summed E-state index contributed by atoms with van der Waals surface area (Å²) in [6, 6.07) is 9.57. The summed E-state index contributed by atoms with van der Waals surface area (Å²) in [7, 11) is 1.62. The summed E-state index contributed by atoms with van der Waals surface area (Å²) in [5.41, 5.74) is 5.64. The minimum atomic E-state index is -0.149. The van der Waals surface area contributed by atoms with Crippen LogP contribution in [0.1, 0.15) is 40.2 Å². The summed E-state index contributed by atoms with van der Waals surface area (Å²) in [5, 5.41) is 2.65. The molecule has 3 aromatic heterocycles. The number of carbonyl (C=O) groups is 1. The lowest BCUT2D eigenvalue weighted by molar-refractivity contribution is 0.0963. The number of nitrogens with zero attached hydrogens (tertiary/aromatic N) is 3. The molecule has 28 heavy (non-hydrogen) atoms. The SMILES string of the molecule is CNC(=O)c1cncc(-c2cc(OCc3ccccn3)nc3c2CCCC3)c1. The smallest absolute Gasteiger partial charge is 0.252 e. The molecule has 1 N–H and O–H groups in total. The third-order valence-corrected chi connectivity index (χ3v) is 4.91. The molecule has 0 atom stereocenters. The minimum absolute atomic E-state index is 0.149. The molecule has 0 aliphatic heterocycles. The largest absolute Gasteiger partial charge is 0.471 e. The van der Waals surface area contributed by atoms with Crippen LogP contribution in [-0.4, -0.2) is 27.9 Å². The number of ether oxygens (including phenoxy) is 1. The van der Waals surface area contributed by atoms with E-state index in [1.807, 2.05) is 30.3 Å². The minimum Gasteiger partial charge on any atom is -0.471 e. The lowest BCUT2D eigenvalue weighted by atomic mass is 9.89. The topological polar surface area (TPSA) is 77.0 Å². The van der Waals surface area contributed by atoms with E-state index in [4.69, 9.17) is 9.72 Å². The fourth-order valence-corrected chi connectivity index (χ4v) is 3.50. The Kier molecular flexibility index (Phi) is 5.28. The monoisotopic (exact) mass is 374 g/mol. The number of nitrogens with one attached hydrogen (secondary N) is 1. The maximum absolute atomic E-state index is 12.0. The second-order valence-electron chi connectivity index (χ2n) is 6.79. The second kappa shape index (κ2) is 8.17. The number of rotatable bonds is 5. The van der Waals surface area contributed by atoms with Gasteiger partial charge in [-0.25, -0.2) is 4.98 Å². The quantitative estimate of drug-likeness (QED) is 0.741. The van der Waals surface area contributed by atoms with Crippen LogP contribution < -0.4 is 10.1 Å².